The largest absolute Gasteiger partial charge is 0.481 e. The van der Waals surface area contributed by atoms with Crippen LogP contribution in [0.4, 0.5) is 18.9 Å². The van der Waals surface area contributed by atoms with Crippen molar-refractivity contribution in [3.05, 3.63) is 53.6 Å². The Hall–Kier alpha value is -2.50. The number of nitrogens with zero attached hydrogens (tertiary/aromatic N) is 1. The number of carboxylic acid groups (broad SMARTS) is 1. The van der Waals surface area contributed by atoms with E-state index in [-0.39, 0.29) is 5.92 Å². The molecule has 1 saturated heterocycles. The molecule has 2 aromatic carbocycles. The van der Waals surface area contributed by atoms with Crippen molar-refractivity contribution in [3.8, 4) is 11.1 Å². The molecule has 6 heteroatoms. The molecule has 2 unspecified atom stereocenters. The first-order valence-electron chi connectivity index (χ1n) is 11.4. The van der Waals surface area contributed by atoms with Crippen LogP contribution >= 0.6 is 0 Å². The van der Waals surface area contributed by atoms with Crippen LogP contribution in [0.3, 0.4) is 0 Å². The number of aliphatic carboxylic acids is 1. The molecule has 32 heavy (non-hydrogen) atoms. The predicted octanol–water partition coefficient (Wildman–Crippen LogP) is 7.36. The van der Waals surface area contributed by atoms with Crippen molar-refractivity contribution in [1.29, 1.82) is 0 Å². The number of benzene rings is 2. The number of carbonyl (C=O) groups is 1. The van der Waals surface area contributed by atoms with Crippen molar-refractivity contribution in [3.63, 3.8) is 0 Å². The van der Waals surface area contributed by atoms with Crippen molar-refractivity contribution in [2.45, 2.75) is 71.0 Å². The molecule has 0 saturated carbocycles. The summed E-state index contributed by atoms with van der Waals surface area (Å²) < 4.78 is 39.1. The number of halogens is 3. The maximum atomic E-state index is 13.0. The number of anilines is 1. The third-order valence-corrected chi connectivity index (χ3v) is 6.32. The summed E-state index contributed by atoms with van der Waals surface area (Å²) in [5.74, 6) is -1.33. The summed E-state index contributed by atoms with van der Waals surface area (Å²) in [7, 11) is 0. The summed E-state index contributed by atoms with van der Waals surface area (Å²) in [6.45, 7) is 7.04. The smallest absolute Gasteiger partial charge is 0.416 e. The first-order chi connectivity index (χ1) is 15.1. The molecule has 0 aliphatic carbocycles. The topological polar surface area (TPSA) is 40.5 Å². The Morgan fingerprint density at radius 1 is 1.09 bits per heavy atom. The van der Waals surface area contributed by atoms with E-state index < -0.39 is 23.6 Å². The lowest BCUT2D eigenvalue weighted by Crippen LogP contribution is -2.39. The highest BCUT2D eigenvalue weighted by atomic mass is 19.4. The molecule has 0 amide bonds. The second kappa shape index (κ2) is 9.97. The van der Waals surface area contributed by atoms with Gasteiger partial charge in [0.25, 0.3) is 0 Å². The molecule has 1 N–H and O–H groups in total. The van der Waals surface area contributed by atoms with Gasteiger partial charge in [0, 0.05) is 18.3 Å². The average molecular weight is 448 g/mol. The Kier molecular flexibility index (Phi) is 7.52. The minimum Gasteiger partial charge on any atom is -0.481 e. The second-order valence-electron chi connectivity index (χ2n) is 9.16. The molecule has 2 atom stereocenters. The Bertz CT molecular complexity index is 922. The van der Waals surface area contributed by atoms with Crippen molar-refractivity contribution < 1.29 is 23.1 Å². The summed E-state index contributed by atoms with van der Waals surface area (Å²) in [4.78, 5) is 14.4. The Labute approximate surface area is 188 Å². The van der Waals surface area contributed by atoms with E-state index in [0.29, 0.717) is 23.6 Å². The highest BCUT2D eigenvalue weighted by Crippen LogP contribution is 2.37. The molecular formula is C26H32F3NO2. The van der Waals surface area contributed by atoms with Crippen LogP contribution in [0.1, 0.15) is 69.9 Å². The van der Waals surface area contributed by atoms with Crippen LogP contribution in [0.5, 0.6) is 0 Å². The zero-order valence-corrected chi connectivity index (χ0v) is 19.0. The quantitative estimate of drug-likeness (QED) is 0.482. The summed E-state index contributed by atoms with van der Waals surface area (Å²) in [6, 6.07) is 11.3. The van der Waals surface area contributed by atoms with E-state index >= 15 is 0 Å². The predicted molar refractivity (Wildman–Crippen MR) is 122 cm³/mol. The molecular weight excluding hydrogens is 415 g/mol. The van der Waals surface area contributed by atoms with E-state index in [9.17, 15) is 23.1 Å². The molecule has 3 rings (SSSR count). The third-order valence-electron chi connectivity index (χ3n) is 6.32. The van der Waals surface area contributed by atoms with Gasteiger partial charge in [-0.25, -0.2) is 0 Å². The van der Waals surface area contributed by atoms with Crippen LogP contribution in [0, 0.1) is 5.92 Å². The van der Waals surface area contributed by atoms with Gasteiger partial charge in [-0.1, -0.05) is 39.0 Å². The van der Waals surface area contributed by atoms with E-state index in [1.54, 1.807) is 0 Å². The van der Waals surface area contributed by atoms with Crippen molar-refractivity contribution in [2.75, 3.05) is 11.4 Å². The summed E-state index contributed by atoms with van der Waals surface area (Å²) in [6.07, 6.45) is 0.441. The fourth-order valence-corrected chi connectivity index (χ4v) is 4.64. The summed E-state index contributed by atoms with van der Waals surface area (Å²) >= 11 is 0. The second-order valence-corrected chi connectivity index (χ2v) is 9.16. The molecule has 3 nitrogen and oxygen atoms in total. The van der Waals surface area contributed by atoms with Crippen LogP contribution in [-0.2, 0) is 11.0 Å². The van der Waals surface area contributed by atoms with E-state index in [1.807, 2.05) is 32.0 Å². The molecule has 0 aromatic heterocycles. The molecule has 0 spiro atoms. The SMILES string of the molecule is CCC1CCCCN1c1cc(-c2ccc(C(F)(F)F)cc2)cc(C(CC(C)C)C(=O)O)c1. The highest BCUT2D eigenvalue weighted by Gasteiger charge is 2.30. The molecule has 174 valence electrons. The maximum Gasteiger partial charge on any atom is 0.416 e. The van der Waals surface area contributed by atoms with Gasteiger partial charge in [-0.05, 0) is 79.0 Å². The lowest BCUT2D eigenvalue weighted by Gasteiger charge is -2.38. The van der Waals surface area contributed by atoms with Crippen molar-refractivity contribution >= 4 is 11.7 Å². The molecule has 0 radical (unpaired) electrons. The Balaban J connectivity index is 2.10. The number of carboxylic acids is 1. The van der Waals surface area contributed by atoms with Gasteiger partial charge in [0.05, 0.1) is 11.5 Å². The molecule has 0 bridgehead atoms. The molecule has 2 aromatic rings. The number of hydrogen-bond donors (Lipinski definition) is 1. The third kappa shape index (κ3) is 5.64. The zero-order chi connectivity index (χ0) is 23.5. The Morgan fingerprint density at radius 2 is 1.78 bits per heavy atom. The van der Waals surface area contributed by atoms with Crippen LogP contribution < -0.4 is 4.90 Å². The Morgan fingerprint density at radius 3 is 2.34 bits per heavy atom. The maximum absolute atomic E-state index is 13.0. The monoisotopic (exact) mass is 447 g/mol. The van der Waals surface area contributed by atoms with E-state index in [4.69, 9.17) is 0 Å². The minimum absolute atomic E-state index is 0.202. The van der Waals surface area contributed by atoms with Gasteiger partial charge < -0.3 is 10.0 Å². The lowest BCUT2D eigenvalue weighted by atomic mass is 9.87. The van der Waals surface area contributed by atoms with Gasteiger partial charge >= 0.3 is 12.1 Å². The van der Waals surface area contributed by atoms with Gasteiger partial charge in [-0.15, -0.1) is 0 Å². The van der Waals surface area contributed by atoms with Gasteiger partial charge in [0.2, 0.25) is 0 Å². The van der Waals surface area contributed by atoms with Crippen LogP contribution in [0.25, 0.3) is 11.1 Å². The first kappa shape index (κ1) is 24.1. The molecule has 1 aliphatic heterocycles. The lowest BCUT2D eigenvalue weighted by molar-refractivity contribution is -0.139. The highest BCUT2D eigenvalue weighted by molar-refractivity contribution is 5.79. The summed E-state index contributed by atoms with van der Waals surface area (Å²) in [5, 5.41) is 9.92. The van der Waals surface area contributed by atoms with E-state index in [0.717, 1.165) is 49.2 Å². The normalized spacial score (nSPS) is 18.1. The van der Waals surface area contributed by atoms with E-state index in [2.05, 4.69) is 11.8 Å². The van der Waals surface area contributed by atoms with Gasteiger partial charge in [0.1, 0.15) is 0 Å². The average Bonchev–Trinajstić information content (AvgIpc) is 2.76. The van der Waals surface area contributed by atoms with Gasteiger partial charge in [-0.3, -0.25) is 4.79 Å². The molecule has 1 aliphatic rings. The van der Waals surface area contributed by atoms with Crippen molar-refractivity contribution in [2.24, 2.45) is 5.92 Å². The fourth-order valence-electron chi connectivity index (χ4n) is 4.64. The van der Waals surface area contributed by atoms with Crippen molar-refractivity contribution in [1.82, 2.24) is 0 Å². The fraction of sp³-hybridized carbons (Fsp3) is 0.500. The van der Waals surface area contributed by atoms with Crippen LogP contribution in [0.15, 0.2) is 42.5 Å². The van der Waals surface area contributed by atoms with Gasteiger partial charge in [0.15, 0.2) is 0 Å². The minimum atomic E-state index is -4.39. The van der Waals surface area contributed by atoms with E-state index in [1.165, 1.54) is 18.6 Å². The zero-order valence-electron chi connectivity index (χ0n) is 19.0. The molecule has 1 heterocycles. The number of rotatable bonds is 7. The molecule has 1 fully saturated rings. The summed E-state index contributed by atoms with van der Waals surface area (Å²) in [5.41, 5.74) is 2.38. The number of alkyl halides is 3. The number of hydrogen-bond acceptors (Lipinski definition) is 2. The standard InChI is InChI=1S/C26H32F3NO2/c1-4-22-7-5-6-12-30(22)23-15-19(18-8-10-21(11-9-18)26(27,28)29)14-20(16-23)24(25(31)32)13-17(2)3/h8-11,14-17,22,24H,4-7,12-13H2,1-3H3,(H,31,32). The van der Waals surface area contributed by atoms with Gasteiger partial charge in [-0.2, -0.15) is 13.2 Å². The first-order valence-corrected chi connectivity index (χ1v) is 11.4. The van der Waals surface area contributed by atoms with Crippen LogP contribution in [0.2, 0.25) is 0 Å². The van der Waals surface area contributed by atoms with Crippen LogP contribution in [-0.4, -0.2) is 23.7 Å². The number of piperidine rings is 1.